The van der Waals surface area contributed by atoms with Crippen molar-refractivity contribution in [2.45, 2.75) is 13.0 Å². The first kappa shape index (κ1) is 14.9. The van der Waals surface area contributed by atoms with E-state index in [-0.39, 0.29) is 22.9 Å². The van der Waals surface area contributed by atoms with Crippen LogP contribution in [0.3, 0.4) is 0 Å². The highest BCUT2D eigenvalue weighted by molar-refractivity contribution is 6.31. The summed E-state index contributed by atoms with van der Waals surface area (Å²) in [6.07, 6.45) is 0. The van der Waals surface area contributed by atoms with Gasteiger partial charge in [0, 0.05) is 16.7 Å². The van der Waals surface area contributed by atoms with Gasteiger partial charge in [0.25, 0.3) is 5.69 Å². The van der Waals surface area contributed by atoms with Crippen molar-refractivity contribution in [1.29, 1.82) is 0 Å². The number of hydrogen-bond acceptors (Lipinski definition) is 5. The van der Waals surface area contributed by atoms with Gasteiger partial charge in [-0.1, -0.05) is 11.6 Å². The molecule has 1 atom stereocenters. The van der Waals surface area contributed by atoms with Crippen molar-refractivity contribution in [2.75, 3.05) is 5.32 Å². The van der Waals surface area contributed by atoms with Gasteiger partial charge in [-0.05, 0) is 37.3 Å². The van der Waals surface area contributed by atoms with Gasteiger partial charge in [-0.3, -0.25) is 10.1 Å². The van der Waals surface area contributed by atoms with E-state index < -0.39 is 11.0 Å². The van der Waals surface area contributed by atoms with Crippen molar-refractivity contribution in [1.82, 2.24) is 0 Å². The number of anilines is 1. The molecule has 0 aliphatic carbocycles. The van der Waals surface area contributed by atoms with Crippen LogP contribution in [0.4, 0.5) is 11.4 Å². The number of nitro benzene ring substituents is 1. The highest BCUT2D eigenvalue weighted by Gasteiger charge is 2.18. The van der Waals surface area contributed by atoms with Crippen LogP contribution < -0.4 is 5.32 Å². The highest BCUT2D eigenvalue weighted by atomic mass is 35.5. The zero-order valence-corrected chi connectivity index (χ0v) is 11.8. The maximum Gasteiger partial charge on any atom is 0.292 e. The Labute approximate surface area is 125 Å². The molecule has 2 rings (SSSR count). The molecule has 0 spiro atoms. The molecule has 0 heterocycles. The lowest BCUT2D eigenvalue weighted by Gasteiger charge is -2.17. The van der Waals surface area contributed by atoms with Crippen LogP contribution in [-0.2, 0) is 0 Å². The van der Waals surface area contributed by atoms with Crippen LogP contribution in [0.2, 0.25) is 5.02 Å². The first-order valence-corrected chi connectivity index (χ1v) is 6.48. The van der Waals surface area contributed by atoms with E-state index in [1.54, 1.807) is 6.92 Å². The topological polar surface area (TPSA) is 95.6 Å². The Morgan fingerprint density at radius 2 is 1.95 bits per heavy atom. The molecule has 6 nitrogen and oxygen atoms in total. The lowest BCUT2D eigenvalue weighted by molar-refractivity contribution is -0.384. The van der Waals surface area contributed by atoms with Crippen molar-refractivity contribution in [3.63, 3.8) is 0 Å². The summed E-state index contributed by atoms with van der Waals surface area (Å²) in [6.45, 7) is 1.71. The molecule has 0 radical (unpaired) electrons. The van der Waals surface area contributed by atoms with Gasteiger partial charge in [0.05, 0.1) is 11.0 Å². The highest BCUT2D eigenvalue weighted by Crippen LogP contribution is 2.34. The number of benzene rings is 2. The van der Waals surface area contributed by atoms with Crippen LogP contribution in [0.15, 0.2) is 36.4 Å². The van der Waals surface area contributed by atoms with E-state index in [2.05, 4.69) is 5.32 Å². The summed E-state index contributed by atoms with van der Waals surface area (Å²) >= 11 is 5.86. The molecular weight excluding hydrogens is 296 g/mol. The zero-order chi connectivity index (χ0) is 15.6. The van der Waals surface area contributed by atoms with Crippen LogP contribution >= 0.6 is 11.6 Å². The summed E-state index contributed by atoms with van der Waals surface area (Å²) in [5, 5.41) is 33.6. The molecule has 0 amide bonds. The third-order valence-electron chi connectivity index (χ3n) is 3.00. The van der Waals surface area contributed by atoms with E-state index in [1.807, 2.05) is 0 Å². The molecular formula is C14H13ClN2O4. The molecule has 7 heteroatoms. The maximum absolute atomic E-state index is 11.0. The Hall–Kier alpha value is -2.47. The van der Waals surface area contributed by atoms with Gasteiger partial charge in [0.1, 0.15) is 17.2 Å². The minimum absolute atomic E-state index is 0.00274. The summed E-state index contributed by atoms with van der Waals surface area (Å²) in [4.78, 5) is 10.5. The molecule has 0 saturated heterocycles. The summed E-state index contributed by atoms with van der Waals surface area (Å²) in [7, 11) is 0. The van der Waals surface area contributed by atoms with E-state index in [4.69, 9.17) is 11.6 Å². The molecule has 0 fully saturated rings. The second-order valence-electron chi connectivity index (χ2n) is 4.53. The largest absolute Gasteiger partial charge is 0.508 e. The predicted molar refractivity (Wildman–Crippen MR) is 79.9 cm³/mol. The monoisotopic (exact) mass is 308 g/mol. The van der Waals surface area contributed by atoms with Gasteiger partial charge in [-0.25, -0.2) is 0 Å². The van der Waals surface area contributed by atoms with Crippen molar-refractivity contribution in [2.24, 2.45) is 0 Å². The molecule has 0 bridgehead atoms. The van der Waals surface area contributed by atoms with Crippen molar-refractivity contribution >= 4 is 23.0 Å². The first-order chi connectivity index (χ1) is 9.88. The fraction of sp³-hybridized carbons (Fsp3) is 0.143. The average Bonchev–Trinajstić information content (AvgIpc) is 2.41. The Balaban J connectivity index is 2.35. The van der Waals surface area contributed by atoms with Crippen LogP contribution in [-0.4, -0.2) is 15.1 Å². The number of rotatable bonds is 4. The molecule has 2 aromatic carbocycles. The molecule has 0 saturated carbocycles. The second-order valence-corrected chi connectivity index (χ2v) is 4.96. The first-order valence-electron chi connectivity index (χ1n) is 6.11. The fourth-order valence-electron chi connectivity index (χ4n) is 1.98. The standard InChI is InChI=1S/C14H13ClN2O4/c1-8(11-7-10(18)3-5-14(11)19)16-12-6-9(15)2-4-13(12)17(20)21/h2-8,16,18-19H,1H3. The van der Waals surface area contributed by atoms with Crippen molar-refractivity contribution in [3.05, 3.63) is 57.1 Å². The minimum Gasteiger partial charge on any atom is -0.508 e. The Morgan fingerprint density at radius 3 is 2.62 bits per heavy atom. The quantitative estimate of drug-likeness (QED) is 0.453. The minimum atomic E-state index is -0.520. The van der Waals surface area contributed by atoms with Crippen LogP contribution in [0.1, 0.15) is 18.5 Å². The second kappa shape index (κ2) is 5.88. The van der Waals surface area contributed by atoms with E-state index in [0.29, 0.717) is 10.6 Å². The van der Waals surface area contributed by atoms with E-state index in [0.717, 1.165) is 0 Å². The number of phenols is 2. The zero-order valence-electron chi connectivity index (χ0n) is 11.1. The fourth-order valence-corrected chi connectivity index (χ4v) is 2.15. The Morgan fingerprint density at radius 1 is 1.24 bits per heavy atom. The molecule has 1 unspecified atom stereocenters. The number of nitro groups is 1. The summed E-state index contributed by atoms with van der Waals surface area (Å²) in [5.74, 6) is -0.0190. The number of phenolic OH excluding ortho intramolecular Hbond substituents is 2. The molecule has 0 aromatic heterocycles. The molecule has 0 aliphatic heterocycles. The van der Waals surface area contributed by atoms with Gasteiger partial charge < -0.3 is 15.5 Å². The summed E-state index contributed by atoms with van der Waals surface area (Å²) < 4.78 is 0. The molecule has 2 aromatic rings. The third kappa shape index (κ3) is 3.35. The van der Waals surface area contributed by atoms with Crippen LogP contribution in [0.25, 0.3) is 0 Å². The number of hydrogen-bond donors (Lipinski definition) is 3. The third-order valence-corrected chi connectivity index (χ3v) is 3.24. The van der Waals surface area contributed by atoms with E-state index in [1.165, 1.54) is 36.4 Å². The number of aromatic hydroxyl groups is 2. The normalized spacial score (nSPS) is 11.9. The van der Waals surface area contributed by atoms with Gasteiger partial charge in [-0.15, -0.1) is 0 Å². The van der Waals surface area contributed by atoms with Gasteiger partial charge >= 0.3 is 0 Å². The average molecular weight is 309 g/mol. The van der Waals surface area contributed by atoms with Crippen molar-refractivity contribution in [3.8, 4) is 11.5 Å². The van der Waals surface area contributed by atoms with Crippen LogP contribution in [0.5, 0.6) is 11.5 Å². The van der Waals surface area contributed by atoms with Gasteiger partial charge in [0.15, 0.2) is 0 Å². The maximum atomic E-state index is 11.0. The Kier molecular flexibility index (Phi) is 4.18. The summed E-state index contributed by atoms with van der Waals surface area (Å²) in [6, 6.07) is 7.82. The SMILES string of the molecule is CC(Nc1cc(Cl)ccc1[N+](=O)[O-])c1cc(O)ccc1O. The lowest BCUT2D eigenvalue weighted by Crippen LogP contribution is -2.08. The number of nitrogens with zero attached hydrogens (tertiary/aromatic N) is 1. The van der Waals surface area contributed by atoms with Crippen LogP contribution in [0, 0.1) is 10.1 Å². The lowest BCUT2D eigenvalue weighted by atomic mass is 10.1. The molecule has 0 aliphatic rings. The van der Waals surface area contributed by atoms with Gasteiger partial charge in [-0.2, -0.15) is 0 Å². The predicted octanol–water partition coefficient (Wildman–Crippen LogP) is 3.83. The number of nitrogens with one attached hydrogen (secondary N) is 1. The molecule has 21 heavy (non-hydrogen) atoms. The molecule has 110 valence electrons. The Bertz CT molecular complexity index is 691. The van der Waals surface area contributed by atoms with Gasteiger partial charge in [0.2, 0.25) is 0 Å². The van der Waals surface area contributed by atoms with E-state index >= 15 is 0 Å². The smallest absolute Gasteiger partial charge is 0.292 e. The number of halogens is 1. The van der Waals surface area contributed by atoms with E-state index in [9.17, 15) is 20.3 Å². The van der Waals surface area contributed by atoms with Crippen molar-refractivity contribution < 1.29 is 15.1 Å². The summed E-state index contributed by atoms with van der Waals surface area (Å²) in [5.41, 5.74) is 0.540. The molecule has 3 N–H and O–H groups in total.